The van der Waals surface area contributed by atoms with Crippen molar-refractivity contribution in [3.8, 4) is 0 Å². The molecule has 0 amide bonds. The molecule has 1 aromatic heterocycles. The van der Waals surface area contributed by atoms with Crippen LogP contribution in [0.2, 0.25) is 0 Å². The quantitative estimate of drug-likeness (QED) is 0.811. The van der Waals surface area contributed by atoms with Crippen molar-refractivity contribution in [3.63, 3.8) is 0 Å². The molecule has 1 atom stereocenters. The van der Waals surface area contributed by atoms with Gasteiger partial charge in [0.2, 0.25) is 0 Å². The van der Waals surface area contributed by atoms with E-state index in [1.54, 1.807) is 0 Å². The Morgan fingerprint density at radius 1 is 1.35 bits per heavy atom. The first-order valence-electron chi connectivity index (χ1n) is 5.87. The fourth-order valence-corrected chi connectivity index (χ4v) is 2.44. The molecule has 0 bridgehead atoms. The normalized spacial score (nSPS) is 13.5. The number of rotatable bonds is 3. The molecule has 1 heterocycles. The molecule has 2 rings (SSSR count). The molecule has 2 nitrogen and oxygen atoms in total. The molecule has 0 aliphatic heterocycles. The van der Waals surface area contributed by atoms with Gasteiger partial charge >= 0.3 is 0 Å². The molecule has 0 saturated carbocycles. The Morgan fingerprint density at radius 2 is 2.06 bits per heavy atom. The fraction of sp³-hybridized carbons (Fsp3) is 0.462. The summed E-state index contributed by atoms with van der Waals surface area (Å²) >= 11 is 8.90. The molecule has 2 aromatic rings. The molecule has 92 valence electrons. The van der Waals surface area contributed by atoms with Gasteiger partial charge in [-0.15, -0.1) is 0 Å². The summed E-state index contributed by atoms with van der Waals surface area (Å²) in [5.41, 5.74) is 2.28. The van der Waals surface area contributed by atoms with Crippen LogP contribution < -0.4 is 0 Å². The predicted octanol–water partition coefficient (Wildman–Crippen LogP) is 4.75. The third kappa shape index (κ3) is 2.63. The maximum atomic E-state index is 5.39. The standard InChI is InChI=1S/C13H17BrN2S/c1-8(2)9(3)7-16-12-6-10(14)4-5-11(12)15-13(16)17/h4-6,8-9H,7H2,1-3H3,(H,15,17). The lowest BCUT2D eigenvalue weighted by atomic mass is 9.98. The van der Waals surface area contributed by atoms with Crippen molar-refractivity contribution in [1.82, 2.24) is 9.55 Å². The summed E-state index contributed by atoms with van der Waals surface area (Å²) in [5, 5.41) is 0. The Morgan fingerprint density at radius 3 is 2.71 bits per heavy atom. The molecule has 4 heteroatoms. The van der Waals surface area contributed by atoms with E-state index in [9.17, 15) is 0 Å². The van der Waals surface area contributed by atoms with Crippen LogP contribution >= 0.6 is 28.1 Å². The highest BCUT2D eigenvalue weighted by Crippen LogP contribution is 2.22. The number of aromatic nitrogens is 2. The van der Waals surface area contributed by atoms with Gasteiger partial charge in [-0.2, -0.15) is 0 Å². The molecule has 0 aliphatic rings. The Hall–Kier alpha value is -0.610. The van der Waals surface area contributed by atoms with E-state index < -0.39 is 0 Å². The van der Waals surface area contributed by atoms with Crippen LogP contribution in [0.4, 0.5) is 0 Å². The Balaban J connectivity index is 2.49. The van der Waals surface area contributed by atoms with Crippen LogP contribution in [0.1, 0.15) is 20.8 Å². The minimum absolute atomic E-state index is 0.611. The summed E-state index contributed by atoms with van der Waals surface area (Å²) in [6, 6.07) is 6.21. The van der Waals surface area contributed by atoms with E-state index in [-0.39, 0.29) is 0 Å². The van der Waals surface area contributed by atoms with Crippen LogP contribution in [-0.2, 0) is 6.54 Å². The molecule has 0 spiro atoms. The SMILES string of the molecule is CC(C)C(C)Cn1c(=S)[nH]c2ccc(Br)cc21. The largest absolute Gasteiger partial charge is 0.331 e. The minimum atomic E-state index is 0.611. The Labute approximate surface area is 115 Å². The molecule has 1 N–H and O–H groups in total. The van der Waals surface area contributed by atoms with E-state index in [2.05, 4.69) is 58.4 Å². The number of imidazole rings is 1. The van der Waals surface area contributed by atoms with Crippen LogP contribution in [0.3, 0.4) is 0 Å². The molecule has 1 aromatic carbocycles. The van der Waals surface area contributed by atoms with Crippen molar-refractivity contribution in [2.24, 2.45) is 11.8 Å². The van der Waals surface area contributed by atoms with Crippen molar-refractivity contribution in [3.05, 3.63) is 27.4 Å². The van der Waals surface area contributed by atoms with Crippen molar-refractivity contribution >= 4 is 39.2 Å². The fourth-order valence-electron chi connectivity index (χ4n) is 1.81. The van der Waals surface area contributed by atoms with Crippen molar-refractivity contribution in [2.75, 3.05) is 0 Å². The third-order valence-corrected chi connectivity index (χ3v) is 4.16. The molecule has 0 aliphatic carbocycles. The van der Waals surface area contributed by atoms with E-state index in [4.69, 9.17) is 12.2 Å². The second-order valence-electron chi connectivity index (χ2n) is 4.92. The number of nitrogens with zero attached hydrogens (tertiary/aromatic N) is 1. The molecule has 0 radical (unpaired) electrons. The number of halogens is 1. The summed E-state index contributed by atoms with van der Waals surface area (Å²) in [7, 11) is 0. The number of H-pyrrole nitrogens is 1. The second kappa shape index (κ2) is 4.94. The van der Waals surface area contributed by atoms with Crippen molar-refractivity contribution in [2.45, 2.75) is 27.3 Å². The average Bonchev–Trinajstić information content (AvgIpc) is 2.55. The lowest BCUT2D eigenvalue weighted by Crippen LogP contribution is -2.13. The maximum Gasteiger partial charge on any atom is 0.178 e. The third-order valence-electron chi connectivity index (χ3n) is 3.35. The molecular formula is C13H17BrN2S. The van der Waals surface area contributed by atoms with Crippen molar-refractivity contribution < 1.29 is 0 Å². The lowest BCUT2D eigenvalue weighted by molar-refractivity contribution is 0.367. The zero-order valence-electron chi connectivity index (χ0n) is 10.3. The van der Waals surface area contributed by atoms with Gasteiger partial charge in [-0.3, -0.25) is 0 Å². The summed E-state index contributed by atoms with van der Waals surface area (Å²) < 4.78 is 4.09. The van der Waals surface area contributed by atoms with Crippen LogP contribution in [0, 0.1) is 16.6 Å². The number of benzene rings is 1. The topological polar surface area (TPSA) is 20.7 Å². The summed E-state index contributed by atoms with van der Waals surface area (Å²) in [4.78, 5) is 3.26. The predicted molar refractivity (Wildman–Crippen MR) is 78.8 cm³/mol. The Kier molecular flexibility index (Phi) is 3.73. The molecular weight excluding hydrogens is 296 g/mol. The first-order valence-corrected chi connectivity index (χ1v) is 7.07. The van der Waals surface area contributed by atoms with E-state index in [0.29, 0.717) is 11.8 Å². The zero-order chi connectivity index (χ0) is 12.6. The summed E-state index contributed by atoms with van der Waals surface area (Å²) in [6.45, 7) is 7.73. The number of aromatic amines is 1. The molecule has 17 heavy (non-hydrogen) atoms. The zero-order valence-corrected chi connectivity index (χ0v) is 12.7. The molecule has 0 fully saturated rings. The lowest BCUT2D eigenvalue weighted by Gasteiger charge is -2.16. The van der Waals surface area contributed by atoms with E-state index in [0.717, 1.165) is 21.3 Å². The average molecular weight is 313 g/mol. The van der Waals surface area contributed by atoms with Crippen molar-refractivity contribution in [1.29, 1.82) is 0 Å². The smallest absolute Gasteiger partial charge is 0.178 e. The second-order valence-corrected chi connectivity index (χ2v) is 6.23. The van der Waals surface area contributed by atoms with Gasteiger partial charge < -0.3 is 9.55 Å². The number of nitrogens with one attached hydrogen (secondary N) is 1. The van der Waals surface area contributed by atoms with Crippen LogP contribution in [0.5, 0.6) is 0 Å². The van der Waals surface area contributed by atoms with E-state index in [1.807, 2.05) is 6.07 Å². The van der Waals surface area contributed by atoms with Gasteiger partial charge in [0.25, 0.3) is 0 Å². The first-order chi connectivity index (χ1) is 7.99. The van der Waals surface area contributed by atoms with Crippen LogP contribution in [0.25, 0.3) is 11.0 Å². The highest BCUT2D eigenvalue weighted by Gasteiger charge is 2.11. The van der Waals surface area contributed by atoms with Gasteiger partial charge in [0.05, 0.1) is 11.0 Å². The minimum Gasteiger partial charge on any atom is -0.331 e. The number of hydrogen-bond donors (Lipinski definition) is 1. The highest BCUT2D eigenvalue weighted by atomic mass is 79.9. The van der Waals surface area contributed by atoms with Gasteiger partial charge in [0, 0.05) is 11.0 Å². The van der Waals surface area contributed by atoms with Crippen LogP contribution in [-0.4, -0.2) is 9.55 Å². The number of hydrogen-bond acceptors (Lipinski definition) is 1. The van der Waals surface area contributed by atoms with Gasteiger partial charge in [-0.05, 0) is 42.3 Å². The first kappa shape index (κ1) is 12.8. The van der Waals surface area contributed by atoms with Gasteiger partial charge in [0.1, 0.15) is 0 Å². The summed E-state index contributed by atoms with van der Waals surface area (Å²) in [5.74, 6) is 1.27. The van der Waals surface area contributed by atoms with Gasteiger partial charge in [0.15, 0.2) is 4.77 Å². The van der Waals surface area contributed by atoms with E-state index in [1.165, 1.54) is 5.52 Å². The Bertz CT molecular complexity index is 583. The number of fused-ring (bicyclic) bond motifs is 1. The monoisotopic (exact) mass is 312 g/mol. The maximum absolute atomic E-state index is 5.39. The summed E-state index contributed by atoms with van der Waals surface area (Å²) in [6.07, 6.45) is 0. The highest BCUT2D eigenvalue weighted by molar-refractivity contribution is 9.10. The van der Waals surface area contributed by atoms with Gasteiger partial charge in [-0.25, -0.2) is 0 Å². The molecule has 0 saturated heterocycles. The van der Waals surface area contributed by atoms with Crippen LogP contribution in [0.15, 0.2) is 22.7 Å². The molecule has 1 unspecified atom stereocenters. The van der Waals surface area contributed by atoms with Gasteiger partial charge in [-0.1, -0.05) is 36.7 Å². The van der Waals surface area contributed by atoms with E-state index >= 15 is 0 Å².